The van der Waals surface area contributed by atoms with Crippen molar-refractivity contribution in [1.82, 2.24) is 15.5 Å². The number of likely N-dealkylation sites (tertiary alicyclic amines) is 1. The molecule has 0 radical (unpaired) electrons. The standard InChI is InChI=1S/C21H31N3O/c1-17(19-9-5-6-10-19)15-22-21(25)23-20-11-13-24(14-12-20)16-18-7-3-2-4-8-18/h2-4,7-8,15,19-20H,5-6,9-14,16H2,1H3,(H2,22,23,25)/b17-15+. The third-order valence-electron chi connectivity index (χ3n) is 5.60. The first-order valence-electron chi connectivity index (χ1n) is 9.70. The summed E-state index contributed by atoms with van der Waals surface area (Å²) >= 11 is 0. The summed E-state index contributed by atoms with van der Waals surface area (Å²) in [5.41, 5.74) is 2.67. The third kappa shape index (κ3) is 5.60. The minimum absolute atomic E-state index is 0.0566. The Hall–Kier alpha value is -1.81. The maximum Gasteiger partial charge on any atom is 0.318 e. The van der Waals surface area contributed by atoms with Crippen LogP contribution in [0.1, 0.15) is 51.0 Å². The Morgan fingerprint density at radius 2 is 1.80 bits per heavy atom. The van der Waals surface area contributed by atoms with E-state index < -0.39 is 0 Å². The number of hydrogen-bond acceptors (Lipinski definition) is 2. The predicted molar refractivity (Wildman–Crippen MR) is 102 cm³/mol. The summed E-state index contributed by atoms with van der Waals surface area (Å²) in [5.74, 6) is 0.668. The summed E-state index contributed by atoms with van der Waals surface area (Å²) in [4.78, 5) is 14.6. The number of carbonyl (C=O) groups excluding carboxylic acids is 1. The molecule has 1 aromatic rings. The average Bonchev–Trinajstić information content (AvgIpc) is 3.17. The molecule has 4 nitrogen and oxygen atoms in total. The monoisotopic (exact) mass is 341 g/mol. The number of carbonyl (C=O) groups is 1. The molecule has 1 heterocycles. The van der Waals surface area contributed by atoms with Crippen LogP contribution in [0.5, 0.6) is 0 Å². The highest BCUT2D eigenvalue weighted by molar-refractivity contribution is 5.75. The van der Waals surface area contributed by atoms with Crippen LogP contribution in [0.2, 0.25) is 0 Å². The van der Waals surface area contributed by atoms with Crippen LogP contribution in [0.3, 0.4) is 0 Å². The highest BCUT2D eigenvalue weighted by Gasteiger charge is 2.21. The number of allylic oxidation sites excluding steroid dienone is 1. The molecule has 1 aromatic carbocycles. The average molecular weight is 341 g/mol. The second kappa shape index (κ2) is 9.04. The number of nitrogens with one attached hydrogen (secondary N) is 2. The Bertz CT molecular complexity index is 570. The molecule has 2 amide bonds. The zero-order chi connectivity index (χ0) is 17.5. The van der Waals surface area contributed by atoms with Gasteiger partial charge in [0.2, 0.25) is 0 Å². The van der Waals surface area contributed by atoms with Crippen LogP contribution < -0.4 is 10.6 Å². The molecule has 1 aliphatic carbocycles. The van der Waals surface area contributed by atoms with Gasteiger partial charge in [0, 0.05) is 31.9 Å². The number of amides is 2. The van der Waals surface area contributed by atoms with Crippen molar-refractivity contribution >= 4 is 6.03 Å². The largest absolute Gasteiger partial charge is 0.335 e. The fourth-order valence-electron chi connectivity index (χ4n) is 3.98. The lowest BCUT2D eigenvalue weighted by atomic mass is 10.0. The van der Waals surface area contributed by atoms with Gasteiger partial charge in [-0.05, 0) is 44.1 Å². The topological polar surface area (TPSA) is 44.4 Å². The van der Waals surface area contributed by atoms with Gasteiger partial charge in [0.1, 0.15) is 0 Å². The van der Waals surface area contributed by atoms with E-state index in [0.717, 1.165) is 32.5 Å². The molecule has 3 rings (SSSR count). The number of hydrogen-bond donors (Lipinski definition) is 2. The van der Waals surface area contributed by atoms with Crippen LogP contribution in [0, 0.1) is 5.92 Å². The van der Waals surface area contributed by atoms with Crippen molar-refractivity contribution in [3.8, 4) is 0 Å². The van der Waals surface area contributed by atoms with Gasteiger partial charge in [0.05, 0.1) is 0 Å². The quantitative estimate of drug-likeness (QED) is 0.849. The van der Waals surface area contributed by atoms with Crippen molar-refractivity contribution in [1.29, 1.82) is 0 Å². The lowest BCUT2D eigenvalue weighted by Crippen LogP contribution is -2.46. The predicted octanol–water partition coefficient (Wildman–Crippen LogP) is 4.04. The molecular formula is C21H31N3O. The van der Waals surface area contributed by atoms with Crippen molar-refractivity contribution in [2.45, 2.75) is 58.0 Å². The maximum atomic E-state index is 12.1. The summed E-state index contributed by atoms with van der Waals surface area (Å²) in [6.07, 6.45) is 9.14. The van der Waals surface area contributed by atoms with E-state index in [9.17, 15) is 4.79 Å². The van der Waals surface area contributed by atoms with E-state index >= 15 is 0 Å². The minimum Gasteiger partial charge on any atom is -0.335 e. The van der Waals surface area contributed by atoms with Crippen LogP contribution in [0.25, 0.3) is 0 Å². The van der Waals surface area contributed by atoms with Crippen LogP contribution in [0.15, 0.2) is 42.1 Å². The highest BCUT2D eigenvalue weighted by atomic mass is 16.2. The summed E-state index contributed by atoms with van der Waals surface area (Å²) < 4.78 is 0. The number of nitrogens with zero attached hydrogens (tertiary/aromatic N) is 1. The van der Waals surface area contributed by atoms with E-state index in [1.165, 1.54) is 36.8 Å². The van der Waals surface area contributed by atoms with Gasteiger partial charge in [-0.3, -0.25) is 4.90 Å². The highest BCUT2D eigenvalue weighted by Crippen LogP contribution is 2.30. The molecule has 1 saturated heterocycles. The number of rotatable bonds is 5. The molecule has 4 heteroatoms. The molecule has 0 bridgehead atoms. The molecular weight excluding hydrogens is 310 g/mol. The molecule has 25 heavy (non-hydrogen) atoms. The molecule has 0 atom stereocenters. The van der Waals surface area contributed by atoms with Crippen LogP contribution in [0.4, 0.5) is 4.79 Å². The summed E-state index contributed by atoms with van der Waals surface area (Å²) in [6.45, 7) is 5.22. The second-order valence-electron chi connectivity index (χ2n) is 7.52. The van der Waals surface area contributed by atoms with Crippen molar-refractivity contribution in [3.05, 3.63) is 47.7 Å². The normalized spacial score (nSPS) is 20.6. The number of benzene rings is 1. The van der Waals surface area contributed by atoms with Crippen molar-refractivity contribution in [2.75, 3.05) is 13.1 Å². The lowest BCUT2D eigenvalue weighted by molar-refractivity contribution is 0.187. The minimum atomic E-state index is -0.0566. The third-order valence-corrected chi connectivity index (χ3v) is 5.60. The molecule has 2 fully saturated rings. The molecule has 0 spiro atoms. The Morgan fingerprint density at radius 1 is 1.12 bits per heavy atom. The van der Waals surface area contributed by atoms with Gasteiger partial charge in [-0.15, -0.1) is 0 Å². The second-order valence-corrected chi connectivity index (χ2v) is 7.52. The smallest absolute Gasteiger partial charge is 0.318 e. The fraction of sp³-hybridized carbons (Fsp3) is 0.571. The van der Waals surface area contributed by atoms with E-state index in [2.05, 4.69) is 52.8 Å². The Balaban J connectivity index is 1.36. The van der Waals surface area contributed by atoms with Gasteiger partial charge in [0.25, 0.3) is 0 Å². The summed E-state index contributed by atoms with van der Waals surface area (Å²) in [6, 6.07) is 10.8. The Labute approximate surface area is 151 Å². The SMILES string of the molecule is C/C(=C\NC(=O)NC1CCN(Cc2ccccc2)CC1)C1CCCC1. The Morgan fingerprint density at radius 3 is 2.48 bits per heavy atom. The summed E-state index contributed by atoms with van der Waals surface area (Å²) in [7, 11) is 0. The van der Waals surface area contributed by atoms with Crippen LogP contribution in [-0.4, -0.2) is 30.1 Å². The van der Waals surface area contributed by atoms with Crippen LogP contribution >= 0.6 is 0 Å². The van der Waals surface area contributed by atoms with E-state index in [1.807, 2.05) is 6.20 Å². The van der Waals surface area contributed by atoms with Crippen LogP contribution in [-0.2, 0) is 6.54 Å². The Kier molecular flexibility index (Phi) is 6.51. The first-order chi connectivity index (χ1) is 12.2. The summed E-state index contributed by atoms with van der Waals surface area (Å²) in [5, 5.41) is 6.06. The first kappa shape index (κ1) is 18.0. The van der Waals surface area contributed by atoms with Gasteiger partial charge in [-0.2, -0.15) is 0 Å². The number of urea groups is 1. The fourth-order valence-corrected chi connectivity index (χ4v) is 3.98. The lowest BCUT2D eigenvalue weighted by Gasteiger charge is -2.32. The molecule has 1 aliphatic heterocycles. The molecule has 136 valence electrons. The molecule has 0 unspecified atom stereocenters. The van der Waals surface area contributed by atoms with Crippen molar-refractivity contribution in [3.63, 3.8) is 0 Å². The van der Waals surface area contributed by atoms with Gasteiger partial charge in [-0.1, -0.05) is 48.7 Å². The van der Waals surface area contributed by atoms with Gasteiger partial charge in [-0.25, -0.2) is 4.79 Å². The number of piperidine rings is 1. The van der Waals surface area contributed by atoms with E-state index in [1.54, 1.807) is 0 Å². The van der Waals surface area contributed by atoms with Crippen molar-refractivity contribution < 1.29 is 4.79 Å². The van der Waals surface area contributed by atoms with E-state index in [-0.39, 0.29) is 12.1 Å². The van der Waals surface area contributed by atoms with Gasteiger partial charge >= 0.3 is 6.03 Å². The first-order valence-corrected chi connectivity index (χ1v) is 9.70. The van der Waals surface area contributed by atoms with Gasteiger partial charge in [0.15, 0.2) is 0 Å². The molecule has 2 N–H and O–H groups in total. The van der Waals surface area contributed by atoms with E-state index in [4.69, 9.17) is 0 Å². The van der Waals surface area contributed by atoms with E-state index in [0.29, 0.717) is 5.92 Å². The molecule has 2 aliphatic rings. The molecule has 0 aromatic heterocycles. The zero-order valence-corrected chi connectivity index (χ0v) is 15.3. The molecule has 1 saturated carbocycles. The maximum absolute atomic E-state index is 12.1. The van der Waals surface area contributed by atoms with Gasteiger partial charge < -0.3 is 10.6 Å². The zero-order valence-electron chi connectivity index (χ0n) is 15.3. The van der Waals surface area contributed by atoms with Crippen molar-refractivity contribution in [2.24, 2.45) is 5.92 Å².